The van der Waals surface area contributed by atoms with E-state index in [1.54, 1.807) is 12.1 Å². The van der Waals surface area contributed by atoms with Crippen molar-refractivity contribution in [3.8, 4) is 0 Å². The van der Waals surface area contributed by atoms with Crippen LogP contribution in [-0.2, 0) is 6.42 Å². The van der Waals surface area contributed by atoms with E-state index in [-0.39, 0.29) is 5.91 Å². The number of fused-ring (bicyclic) bond motifs is 1. The smallest absolute Gasteiger partial charge is 0.268 e. The van der Waals surface area contributed by atoms with Gasteiger partial charge >= 0.3 is 0 Å². The minimum atomic E-state index is -0.937. The molecule has 0 saturated carbocycles. The second-order valence-corrected chi connectivity index (χ2v) is 6.27. The highest BCUT2D eigenvalue weighted by Gasteiger charge is 2.26. The Morgan fingerprint density at radius 2 is 2.00 bits per heavy atom. The Balaban J connectivity index is 2.01. The normalized spacial score (nSPS) is 14.2. The minimum absolute atomic E-state index is 0.228. The molecular weight excluding hydrogens is 304 g/mol. The molecule has 1 aromatic heterocycles. The highest BCUT2D eigenvalue weighted by atomic mass is 35.5. The van der Waals surface area contributed by atoms with E-state index in [9.17, 15) is 13.6 Å². The van der Waals surface area contributed by atoms with Crippen molar-refractivity contribution >= 4 is 34.5 Å². The number of thiophene rings is 1. The van der Waals surface area contributed by atoms with E-state index in [2.05, 4.69) is 0 Å². The van der Waals surface area contributed by atoms with Gasteiger partial charge in [0.2, 0.25) is 0 Å². The van der Waals surface area contributed by atoms with Crippen molar-refractivity contribution < 1.29 is 13.6 Å². The number of carbonyl (C=O) groups excluding carboxylic acids is 1. The van der Waals surface area contributed by atoms with Crippen LogP contribution in [0.2, 0.25) is 4.34 Å². The van der Waals surface area contributed by atoms with Gasteiger partial charge in [-0.3, -0.25) is 4.79 Å². The largest absolute Gasteiger partial charge is 0.307 e. The van der Waals surface area contributed by atoms with Gasteiger partial charge in [0, 0.05) is 12.6 Å². The molecule has 3 rings (SSSR count). The molecule has 0 spiro atoms. The lowest BCUT2D eigenvalue weighted by molar-refractivity contribution is 0.0989. The average Bonchev–Trinajstić information content (AvgIpc) is 2.85. The molecule has 0 aliphatic carbocycles. The molecule has 0 bridgehead atoms. The Kier molecular flexibility index (Phi) is 3.48. The predicted molar refractivity (Wildman–Crippen MR) is 75.7 cm³/mol. The molecule has 104 valence electrons. The van der Waals surface area contributed by atoms with Crippen molar-refractivity contribution in [3.05, 3.63) is 50.7 Å². The fourth-order valence-corrected chi connectivity index (χ4v) is 3.34. The van der Waals surface area contributed by atoms with Crippen LogP contribution in [0.25, 0.3) is 0 Å². The van der Waals surface area contributed by atoms with Crippen molar-refractivity contribution in [1.29, 1.82) is 0 Å². The molecule has 0 saturated heterocycles. The van der Waals surface area contributed by atoms with E-state index in [1.165, 1.54) is 22.3 Å². The van der Waals surface area contributed by atoms with E-state index in [1.807, 2.05) is 0 Å². The summed E-state index contributed by atoms with van der Waals surface area (Å²) in [6, 6.07) is 5.56. The van der Waals surface area contributed by atoms with Crippen LogP contribution in [0.5, 0.6) is 0 Å². The molecule has 2 heterocycles. The first kappa shape index (κ1) is 13.5. The van der Waals surface area contributed by atoms with Crippen molar-refractivity contribution in [3.63, 3.8) is 0 Å². The Hall–Kier alpha value is -1.46. The molecule has 0 unspecified atom stereocenters. The van der Waals surface area contributed by atoms with E-state index in [4.69, 9.17) is 11.6 Å². The number of hydrogen-bond donors (Lipinski definition) is 0. The van der Waals surface area contributed by atoms with Crippen LogP contribution < -0.4 is 4.90 Å². The van der Waals surface area contributed by atoms with Gasteiger partial charge in [0.15, 0.2) is 11.6 Å². The van der Waals surface area contributed by atoms with Gasteiger partial charge in [-0.2, -0.15) is 0 Å². The fourth-order valence-electron chi connectivity index (χ4n) is 2.35. The molecule has 2 nitrogen and oxygen atoms in total. The van der Waals surface area contributed by atoms with Crippen molar-refractivity contribution in [2.45, 2.75) is 12.8 Å². The van der Waals surface area contributed by atoms with E-state index in [0.717, 1.165) is 12.5 Å². The highest BCUT2D eigenvalue weighted by molar-refractivity contribution is 7.18. The Labute approximate surface area is 123 Å². The van der Waals surface area contributed by atoms with E-state index >= 15 is 0 Å². The molecule has 20 heavy (non-hydrogen) atoms. The summed E-state index contributed by atoms with van der Waals surface area (Å²) in [6.07, 6.45) is 1.37. The van der Waals surface area contributed by atoms with Gasteiger partial charge in [-0.15, -0.1) is 11.3 Å². The van der Waals surface area contributed by atoms with Gasteiger partial charge in [-0.05, 0) is 36.6 Å². The third kappa shape index (κ3) is 2.31. The molecule has 1 aromatic carbocycles. The first-order chi connectivity index (χ1) is 9.56. The number of benzene rings is 1. The Bertz CT molecular complexity index is 686. The number of halogens is 3. The first-order valence-electron chi connectivity index (χ1n) is 6.11. The topological polar surface area (TPSA) is 20.3 Å². The second-order valence-electron chi connectivity index (χ2n) is 4.56. The summed E-state index contributed by atoms with van der Waals surface area (Å²) >= 11 is 7.01. The first-order valence-corrected chi connectivity index (χ1v) is 7.31. The van der Waals surface area contributed by atoms with Gasteiger partial charge in [-0.25, -0.2) is 8.78 Å². The van der Waals surface area contributed by atoms with Gasteiger partial charge in [-0.1, -0.05) is 11.6 Å². The number of carbonyl (C=O) groups is 1. The van der Waals surface area contributed by atoms with Gasteiger partial charge in [0.05, 0.1) is 14.9 Å². The quantitative estimate of drug-likeness (QED) is 0.770. The zero-order valence-corrected chi connectivity index (χ0v) is 11.9. The molecule has 0 radical (unpaired) electrons. The number of amides is 1. The molecule has 1 amide bonds. The SMILES string of the molecule is O=C(c1ccc(Cl)s1)N1CCCc2cc(F)c(F)cc21. The standard InChI is InChI=1S/C14H10ClF2NOS/c15-13-4-3-12(20-13)14(19)18-5-1-2-8-6-9(16)10(17)7-11(8)18/h3-4,6-7H,1-2,5H2. The van der Waals surface area contributed by atoms with Crippen molar-refractivity contribution in [2.24, 2.45) is 0 Å². The van der Waals surface area contributed by atoms with E-state index in [0.29, 0.717) is 33.4 Å². The lowest BCUT2D eigenvalue weighted by Gasteiger charge is -2.29. The predicted octanol–water partition coefficient (Wildman–Crippen LogP) is 4.27. The second kappa shape index (κ2) is 5.14. The number of anilines is 1. The van der Waals surface area contributed by atoms with Crippen LogP contribution in [0.1, 0.15) is 21.7 Å². The van der Waals surface area contributed by atoms with Gasteiger partial charge in [0.25, 0.3) is 5.91 Å². The summed E-state index contributed by atoms with van der Waals surface area (Å²) in [6.45, 7) is 0.492. The highest BCUT2D eigenvalue weighted by Crippen LogP contribution is 2.32. The average molecular weight is 314 g/mol. The van der Waals surface area contributed by atoms with Crippen LogP contribution in [0.15, 0.2) is 24.3 Å². The summed E-state index contributed by atoms with van der Waals surface area (Å²) in [5.74, 6) is -2.04. The van der Waals surface area contributed by atoms with Crippen LogP contribution in [0.4, 0.5) is 14.5 Å². The maximum Gasteiger partial charge on any atom is 0.268 e. The zero-order chi connectivity index (χ0) is 14.3. The van der Waals surface area contributed by atoms with Crippen LogP contribution in [0.3, 0.4) is 0 Å². The Morgan fingerprint density at radius 3 is 2.70 bits per heavy atom. The third-order valence-corrected chi connectivity index (χ3v) is 4.49. The molecule has 6 heteroatoms. The van der Waals surface area contributed by atoms with Crippen molar-refractivity contribution in [2.75, 3.05) is 11.4 Å². The number of aryl methyl sites for hydroxylation is 1. The maximum absolute atomic E-state index is 13.4. The number of rotatable bonds is 1. The summed E-state index contributed by atoms with van der Waals surface area (Å²) in [5, 5.41) is 0. The minimum Gasteiger partial charge on any atom is -0.307 e. The zero-order valence-electron chi connectivity index (χ0n) is 10.3. The number of nitrogens with zero attached hydrogens (tertiary/aromatic N) is 1. The molecular formula is C14H10ClF2NOS. The molecule has 1 aliphatic rings. The fraction of sp³-hybridized carbons (Fsp3) is 0.214. The summed E-state index contributed by atoms with van der Waals surface area (Å²) in [5.41, 5.74) is 1.11. The van der Waals surface area contributed by atoms with Crippen LogP contribution in [-0.4, -0.2) is 12.5 Å². The Morgan fingerprint density at radius 1 is 1.25 bits per heavy atom. The maximum atomic E-state index is 13.4. The van der Waals surface area contributed by atoms with E-state index < -0.39 is 11.6 Å². The summed E-state index contributed by atoms with van der Waals surface area (Å²) < 4.78 is 27.2. The molecule has 1 aliphatic heterocycles. The molecule has 0 atom stereocenters. The molecule has 2 aromatic rings. The summed E-state index contributed by atoms with van der Waals surface area (Å²) in [7, 11) is 0. The summed E-state index contributed by atoms with van der Waals surface area (Å²) in [4.78, 5) is 14.4. The monoisotopic (exact) mass is 313 g/mol. The lowest BCUT2D eigenvalue weighted by Crippen LogP contribution is -2.35. The van der Waals surface area contributed by atoms with Gasteiger partial charge in [0.1, 0.15) is 0 Å². The number of hydrogen-bond acceptors (Lipinski definition) is 2. The van der Waals surface area contributed by atoms with Gasteiger partial charge < -0.3 is 4.90 Å². The third-order valence-electron chi connectivity index (χ3n) is 3.27. The van der Waals surface area contributed by atoms with Crippen LogP contribution >= 0.6 is 22.9 Å². The van der Waals surface area contributed by atoms with Crippen LogP contribution in [0, 0.1) is 11.6 Å². The van der Waals surface area contributed by atoms with Crippen molar-refractivity contribution in [1.82, 2.24) is 0 Å². The lowest BCUT2D eigenvalue weighted by atomic mass is 10.0. The molecule has 0 N–H and O–H groups in total. The molecule has 0 fully saturated rings.